The average molecular weight is 420 g/mol. The molecule has 0 bridgehead atoms. The molecule has 0 N–H and O–H groups in total. The Morgan fingerprint density at radius 1 is 0.900 bits per heavy atom. The molecule has 3 aromatic rings. The molecule has 1 heterocycles. The van der Waals surface area contributed by atoms with Gasteiger partial charge >= 0.3 is 5.97 Å². The van der Waals surface area contributed by atoms with Gasteiger partial charge < -0.3 is 4.84 Å². The summed E-state index contributed by atoms with van der Waals surface area (Å²) >= 11 is 1.38. The summed E-state index contributed by atoms with van der Waals surface area (Å²) in [5.74, 6) is -0.745. The van der Waals surface area contributed by atoms with Gasteiger partial charge in [-0.25, -0.2) is 4.79 Å². The summed E-state index contributed by atoms with van der Waals surface area (Å²) in [7, 11) is 0. The Morgan fingerprint density at radius 2 is 1.60 bits per heavy atom. The van der Waals surface area contributed by atoms with Gasteiger partial charge in [-0.15, -0.1) is 11.3 Å². The number of rotatable bonds is 10. The van der Waals surface area contributed by atoms with Crippen molar-refractivity contribution < 1.29 is 14.4 Å². The van der Waals surface area contributed by atoms with Crippen LogP contribution in [0.1, 0.15) is 59.1 Å². The number of hydrogen-bond acceptors (Lipinski definition) is 5. The second kappa shape index (κ2) is 11.2. The lowest BCUT2D eigenvalue weighted by molar-refractivity contribution is 0.0514. The molecule has 0 spiro atoms. The Hall–Kier alpha value is -3.05. The van der Waals surface area contributed by atoms with Gasteiger partial charge in [-0.3, -0.25) is 4.79 Å². The van der Waals surface area contributed by atoms with Crippen LogP contribution in [0.15, 0.2) is 77.3 Å². The number of unbranched alkanes of at least 4 members (excludes halogenated alkanes) is 3. The second-order valence-electron chi connectivity index (χ2n) is 6.99. The zero-order valence-corrected chi connectivity index (χ0v) is 17.9. The van der Waals surface area contributed by atoms with Crippen molar-refractivity contribution in [2.75, 3.05) is 0 Å². The van der Waals surface area contributed by atoms with Gasteiger partial charge in [0, 0.05) is 0 Å². The summed E-state index contributed by atoms with van der Waals surface area (Å²) in [4.78, 5) is 31.0. The van der Waals surface area contributed by atoms with E-state index in [1.807, 2.05) is 47.8 Å². The van der Waals surface area contributed by atoms with Crippen molar-refractivity contribution in [1.82, 2.24) is 0 Å². The fourth-order valence-corrected chi connectivity index (χ4v) is 3.90. The summed E-state index contributed by atoms with van der Waals surface area (Å²) < 4.78 is 0. The predicted molar refractivity (Wildman–Crippen MR) is 122 cm³/mol. The minimum atomic E-state index is -0.564. The summed E-state index contributed by atoms with van der Waals surface area (Å²) in [5, 5.41) is 5.95. The second-order valence-corrected chi connectivity index (χ2v) is 7.90. The van der Waals surface area contributed by atoms with Crippen molar-refractivity contribution in [2.24, 2.45) is 5.16 Å². The van der Waals surface area contributed by atoms with Crippen molar-refractivity contribution in [3.8, 4) is 11.1 Å². The maximum Gasteiger partial charge on any atom is 0.365 e. The van der Waals surface area contributed by atoms with Gasteiger partial charge in [0.2, 0.25) is 5.78 Å². The summed E-state index contributed by atoms with van der Waals surface area (Å²) in [6.07, 6.45) is 4.53. The van der Waals surface area contributed by atoms with Gasteiger partial charge in [-0.2, -0.15) is 0 Å². The first-order valence-electron chi connectivity index (χ1n) is 10.2. The van der Waals surface area contributed by atoms with Crippen LogP contribution in [0.2, 0.25) is 0 Å². The van der Waals surface area contributed by atoms with E-state index in [-0.39, 0.29) is 11.5 Å². The van der Waals surface area contributed by atoms with Crippen molar-refractivity contribution in [3.63, 3.8) is 0 Å². The lowest BCUT2D eigenvalue weighted by Crippen LogP contribution is -2.15. The minimum absolute atomic E-state index is 0.181. The Kier molecular flexibility index (Phi) is 8.10. The van der Waals surface area contributed by atoms with E-state index in [2.05, 4.69) is 12.1 Å². The molecule has 1 aromatic heterocycles. The molecule has 0 atom stereocenters. The van der Waals surface area contributed by atoms with Crippen molar-refractivity contribution in [1.29, 1.82) is 0 Å². The van der Waals surface area contributed by atoms with E-state index in [0.717, 1.165) is 36.8 Å². The van der Waals surface area contributed by atoms with Crippen LogP contribution >= 0.6 is 11.3 Å². The molecule has 0 aliphatic carbocycles. The number of carbonyl (C=O) groups excluding carboxylic acids is 2. The number of Topliss-reactive ketones (excluding diaryl/α,β-unsaturated/α-hetero) is 1. The highest BCUT2D eigenvalue weighted by atomic mass is 32.1. The first kappa shape index (κ1) is 21.7. The smallest absolute Gasteiger partial charge is 0.312 e. The van der Waals surface area contributed by atoms with Crippen molar-refractivity contribution in [2.45, 2.75) is 39.0 Å². The SMILES string of the molecule is CCCCCCC(=NOC(=O)c1ccccc1)C(=O)c1cc(-c2ccccc2)cs1. The molecule has 2 aromatic carbocycles. The number of hydrogen-bond donors (Lipinski definition) is 0. The largest absolute Gasteiger partial charge is 0.365 e. The van der Waals surface area contributed by atoms with E-state index in [4.69, 9.17) is 4.84 Å². The summed E-state index contributed by atoms with van der Waals surface area (Å²) in [6, 6.07) is 20.5. The molecule has 3 rings (SSSR count). The number of carbonyl (C=O) groups is 2. The van der Waals surface area contributed by atoms with Crippen LogP contribution < -0.4 is 0 Å². The molecule has 0 fully saturated rings. The third kappa shape index (κ3) is 5.97. The molecule has 0 amide bonds. The monoisotopic (exact) mass is 419 g/mol. The molecule has 5 heteroatoms. The van der Waals surface area contributed by atoms with Gasteiger partial charge in [0.25, 0.3) is 0 Å². The number of benzene rings is 2. The van der Waals surface area contributed by atoms with Crippen LogP contribution in [-0.4, -0.2) is 17.5 Å². The number of oxime groups is 1. The van der Waals surface area contributed by atoms with E-state index < -0.39 is 5.97 Å². The van der Waals surface area contributed by atoms with Crippen molar-refractivity contribution >= 4 is 28.8 Å². The first-order chi connectivity index (χ1) is 14.7. The van der Waals surface area contributed by atoms with E-state index >= 15 is 0 Å². The average Bonchev–Trinajstić information content (AvgIpc) is 3.29. The molecule has 0 saturated heterocycles. The van der Waals surface area contributed by atoms with Crippen LogP contribution in [-0.2, 0) is 4.84 Å². The highest BCUT2D eigenvalue weighted by molar-refractivity contribution is 7.13. The predicted octanol–water partition coefficient (Wildman–Crippen LogP) is 6.78. The summed E-state index contributed by atoms with van der Waals surface area (Å²) in [6.45, 7) is 2.14. The fraction of sp³-hybridized carbons (Fsp3) is 0.240. The number of nitrogens with zero attached hydrogens (tertiary/aromatic N) is 1. The maximum atomic E-state index is 13.1. The Bertz CT molecular complexity index is 994. The van der Waals surface area contributed by atoms with Crippen LogP contribution in [0.4, 0.5) is 0 Å². The van der Waals surface area contributed by atoms with Crippen molar-refractivity contribution in [3.05, 3.63) is 82.6 Å². The zero-order chi connectivity index (χ0) is 21.2. The van der Waals surface area contributed by atoms with Crippen LogP contribution in [0, 0.1) is 0 Å². The molecule has 0 unspecified atom stereocenters. The van der Waals surface area contributed by atoms with Gasteiger partial charge in [-0.05, 0) is 47.5 Å². The van der Waals surface area contributed by atoms with E-state index in [9.17, 15) is 9.59 Å². The number of ketones is 1. The quantitative estimate of drug-likeness (QED) is 0.120. The van der Waals surface area contributed by atoms with Gasteiger partial charge in [-0.1, -0.05) is 79.9 Å². The number of thiophene rings is 1. The molecule has 4 nitrogen and oxygen atoms in total. The van der Waals surface area contributed by atoms with Crippen LogP contribution in [0.5, 0.6) is 0 Å². The molecular weight excluding hydrogens is 394 g/mol. The van der Waals surface area contributed by atoms with Gasteiger partial charge in [0.15, 0.2) is 0 Å². The zero-order valence-electron chi connectivity index (χ0n) is 17.0. The molecular formula is C25H25NO3S. The third-order valence-electron chi connectivity index (χ3n) is 4.71. The Morgan fingerprint density at radius 3 is 2.30 bits per heavy atom. The molecule has 154 valence electrons. The first-order valence-corrected chi connectivity index (χ1v) is 11.1. The third-order valence-corrected chi connectivity index (χ3v) is 5.64. The van der Waals surface area contributed by atoms with E-state index in [1.165, 1.54) is 11.3 Å². The fourth-order valence-electron chi connectivity index (χ4n) is 3.02. The molecule has 30 heavy (non-hydrogen) atoms. The Balaban J connectivity index is 1.76. The molecule has 0 radical (unpaired) electrons. The van der Waals surface area contributed by atoms with Crippen LogP contribution in [0.25, 0.3) is 11.1 Å². The van der Waals surface area contributed by atoms with Gasteiger partial charge in [0.1, 0.15) is 5.71 Å². The normalized spacial score (nSPS) is 11.3. The minimum Gasteiger partial charge on any atom is -0.312 e. The molecule has 0 aliphatic rings. The molecule has 0 aliphatic heterocycles. The lowest BCUT2D eigenvalue weighted by atomic mass is 10.0. The highest BCUT2D eigenvalue weighted by Crippen LogP contribution is 2.26. The summed E-state index contributed by atoms with van der Waals surface area (Å²) in [5.41, 5.74) is 2.75. The topological polar surface area (TPSA) is 55.7 Å². The highest BCUT2D eigenvalue weighted by Gasteiger charge is 2.19. The van der Waals surface area contributed by atoms with E-state index in [1.54, 1.807) is 24.3 Å². The lowest BCUT2D eigenvalue weighted by Gasteiger charge is -2.05. The van der Waals surface area contributed by atoms with Crippen LogP contribution in [0.3, 0.4) is 0 Å². The standard InChI is InChI=1S/C25H25NO3S/c1-2-3-4-11-16-22(26-29-25(28)20-14-9-6-10-15-20)24(27)23-17-21(18-30-23)19-12-7-5-8-13-19/h5-10,12-15,17-18H,2-4,11,16H2,1H3. The van der Waals surface area contributed by atoms with Gasteiger partial charge in [0.05, 0.1) is 10.4 Å². The van der Waals surface area contributed by atoms with E-state index in [0.29, 0.717) is 16.9 Å². The Labute approximate surface area is 181 Å². The molecule has 0 saturated carbocycles. The maximum absolute atomic E-state index is 13.1.